The van der Waals surface area contributed by atoms with Gasteiger partial charge >= 0.3 is 0 Å². The molecule has 1 aliphatic carbocycles. The summed E-state index contributed by atoms with van der Waals surface area (Å²) in [6.07, 6.45) is 9.12. The lowest BCUT2D eigenvalue weighted by Crippen LogP contribution is -2.46. The predicted octanol–water partition coefficient (Wildman–Crippen LogP) is 0.945. The summed E-state index contributed by atoms with van der Waals surface area (Å²) >= 11 is 0. The molecule has 6 nitrogen and oxygen atoms in total. The van der Waals surface area contributed by atoms with Gasteiger partial charge in [0.1, 0.15) is 6.61 Å². The zero-order chi connectivity index (χ0) is 14.7. The molecule has 1 amide bonds. The van der Waals surface area contributed by atoms with Crippen LogP contribution in [0.3, 0.4) is 0 Å². The average molecular weight is 292 g/mol. The van der Waals surface area contributed by atoms with E-state index in [1.165, 1.54) is 38.5 Å². The SMILES string of the molecule is COCC(=O)NC[C@@H]1CN(C2CCCC2)Cc2cncn21. The predicted molar refractivity (Wildman–Crippen MR) is 78.8 cm³/mol. The number of aromatic nitrogens is 2. The molecule has 3 rings (SSSR count). The highest BCUT2D eigenvalue weighted by Crippen LogP contribution is 2.29. The first-order valence-electron chi connectivity index (χ1n) is 7.78. The topological polar surface area (TPSA) is 59.4 Å². The summed E-state index contributed by atoms with van der Waals surface area (Å²) in [7, 11) is 1.54. The minimum Gasteiger partial charge on any atom is -0.375 e. The molecular weight excluding hydrogens is 268 g/mol. The van der Waals surface area contributed by atoms with Crippen molar-refractivity contribution in [3.8, 4) is 0 Å². The van der Waals surface area contributed by atoms with Crippen molar-refractivity contribution in [3.05, 3.63) is 18.2 Å². The van der Waals surface area contributed by atoms with Gasteiger partial charge in [-0.25, -0.2) is 4.98 Å². The van der Waals surface area contributed by atoms with Crippen LogP contribution in [0.4, 0.5) is 0 Å². The maximum Gasteiger partial charge on any atom is 0.246 e. The minimum atomic E-state index is -0.0582. The van der Waals surface area contributed by atoms with Crippen LogP contribution in [-0.4, -0.2) is 53.2 Å². The van der Waals surface area contributed by atoms with Gasteiger partial charge in [-0.3, -0.25) is 9.69 Å². The molecule has 6 heteroatoms. The fraction of sp³-hybridized carbons (Fsp3) is 0.733. The number of methoxy groups -OCH3 is 1. The number of ether oxygens (including phenoxy) is 1. The number of hydrogen-bond acceptors (Lipinski definition) is 4. The zero-order valence-electron chi connectivity index (χ0n) is 12.6. The smallest absolute Gasteiger partial charge is 0.246 e. The van der Waals surface area contributed by atoms with Gasteiger partial charge in [-0.1, -0.05) is 12.8 Å². The summed E-state index contributed by atoms with van der Waals surface area (Å²) in [6.45, 7) is 2.72. The van der Waals surface area contributed by atoms with Gasteiger partial charge in [-0.05, 0) is 12.8 Å². The molecule has 0 unspecified atom stereocenters. The molecule has 0 bridgehead atoms. The van der Waals surface area contributed by atoms with Crippen LogP contribution < -0.4 is 5.32 Å². The monoisotopic (exact) mass is 292 g/mol. The third kappa shape index (κ3) is 3.27. The molecule has 2 aliphatic rings. The van der Waals surface area contributed by atoms with Crippen LogP contribution in [0.15, 0.2) is 12.5 Å². The van der Waals surface area contributed by atoms with Crippen LogP contribution in [0, 0.1) is 0 Å². The molecule has 1 aromatic heterocycles. The Hall–Kier alpha value is -1.40. The summed E-state index contributed by atoms with van der Waals surface area (Å²) in [5.41, 5.74) is 1.25. The summed E-state index contributed by atoms with van der Waals surface area (Å²) < 4.78 is 7.07. The third-order valence-corrected chi connectivity index (χ3v) is 4.60. The maximum atomic E-state index is 11.6. The Labute approximate surface area is 125 Å². The van der Waals surface area contributed by atoms with E-state index in [1.54, 1.807) is 0 Å². The van der Waals surface area contributed by atoms with Crippen molar-refractivity contribution in [1.29, 1.82) is 0 Å². The van der Waals surface area contributed by atoms with Gasteiger partial charge in [0.2, 0.25) is 5.91 Å². The molecule has 116 valence electrons. The lowest BCUT2D eigenvalue weighted by Gasteiger charge is -2.38. The molecule has 1 aromatic rings. The Morgan fingerprint density at radius 2 is 2.29 bits per heavy atom. The molecule has 21 heavy (non-hydrogen) atoms. The highest BCUT2D eigenvalue weighted by atomic mass is 16.5. The summed E-state index contributed by atoms with van der Waals surface area (Å²) in [5, 5.41) is 2.96. The Bertz CT molecular complexity index is 482. The van der Waals surface area contributed by atoms with Crippen LogP contribution in [0.25, 0.3) is 0 Å². The second-order valence-electron chi connectivity index (χ2n) is 6.05. The molecule has 0 aromatic carbocycles. The van der Waals surface area contributed by atoms with Crippen LogP contribution in [0.5, 0.6) is 0 Å². The van der Waals surface area contributed by atoms with Crippen molar-refractivity contribution < 1.29 is 9.53 Å². The van der Waals surface area contributed by atoms with Crippen LogP contribution in [0.2, 0.25) is 0 Å². The number of hydrogen-bond donors (Lipinski definition) is 1. The van der Waals surface area contributed by atoms with Gasteiger partial charge in [0.25, 0.3) is 0 Å². The van der Waals surface area contributed by atoms with E-state index in [9.17, 15) is 4.79 Å². The summed E-state index contributed by atoms with van der Waals surface area (Å²) in [6, 6.07) is 0.962. The van der Waals surface area contributed by atoms with Crippen LogP contribution in [0.1, 0.15) is 37.4 Å². The molecule has 1 N–H and O–H groups in total. The Morgan fingerprint density at radius 3 is 3.05 bits per heavy atom. The van der Waals surface area contributed by atoms with Gasteiger partial charge in [0.05, 0.1) is 18.1 Å². The number of carbonyl (C=O) groups is 1. The molecule has 1 atom stereocenters. The number of nitrogens with one attached hydrogen (secondary N) is 1. The Balaban J connectivity index is 1.65. The van der Waals surface area contributed by atoms with Crippen molar-refractivity contribution in [1.82, 2.24) is 19.8 Å². The van der Waals surface area contributed by atoms with E-state index in [0.717, 1.165) is 13.1 Å². The van der Waals surface area contributed by atoms with Crippen molar-refractivity contribution in [2.75, 3.05) is 26.8 Å². The van der Waals surface area contributed by atoms with Crippen LogP contribution >= 0.6 is 0 Å². The molecule has 1 aliphatic heterocycles. The van der Waals surface area contributed by atoms with Gasteiger partial charge < -0.3 is 14.6 Å². The quantitative estimate of drug-likeness (QED) is 0.877. The number of rotatable bonds is 5. The first kappa shape index (κ1) is 14.5. The van der Waals surface area contributed by atoms with E-state index in [2.05, 4.69) is 19.8 Å². The minimum absolute atomic E-state index is 0.0582. The zero-order valence-corrected chi connectivity index (χ0v) is 12.6. The van der Waals surface area contributed by atoms with Gasteiger partial charge in [-0.2, -0.15) is 0 Å². The molecule has 2 heterocycles. The third-order valence-electron chi connectivity index (χ3n) is 4.60. The van der Waals surface area contributed by atoms with E-state index < -0.39 is 0 Å². The maximum absolute atomic E-state index is 11.6. The number of carbonyl (C=O) groups excluding carboxylic acids is 1. The highest BCUT2D eigenvalue weighted by Gasteiger charge is 2.30. The van der Waals surface area contributed by atoms with Crippen molar-refractivity contribution in [3.63, 3.8) is 0 Å². The molecule has 0 saturated heterocycles. The van der Waals surface area contributed by atoms with E-state index in [0.29, 0.717) is 12.6 Å². The van der Waals surface area contributed by atoms with Crippen molar-refractivity contribution in [2.24, 2.45) is 0 Å². The lowest BCUT2D eigenvalue weighted by atomic mass is 10.1. The average Bonchev–Trinajstić information content (AvgIpc) is 3.15. The Morgan fingerprint density at radius 1 is 1.48 bits per heavy atom. The number of fused-ring (bicyclic) bond motifs is 1. The first-order valence-corrected chi connectivity index (χ1v) is 7.78. The largest absolute Gasteiger partial charge is 0.375 e. The fourth-order valence-corrected chi connectivity index (χ4v) is 3.54. The van der Waals surface area contributed by atoms with Gasteiger partial charge in [-0.15, -0.1) is 0 Å². The molecule has 1 saturated carbocycles. The highest BCUT2D eigenvalue weighted by molar-refractivity contribution is 5.77. The second-order valence-corrected chi connectivity index (χ2v) is 6.05. The Kier molecular flexibility index (Phi) is 4.55. The standard InChI is InChI=1S/C15H24N4O2/c1-21-10-15(20)17-7-14-9-18(12-4-2-3-5-12)8-13-6-16-11-19(13)14/h6,11-12,14H,2-5,7-10H2,1H3,(H,17,20)/t14-/m1/s1. The van der Waals surface area contributed by atoms with Crippen molar-refractivity contribution >= 4 is 5.91 Å². The summed E-state index contributed by atoms with van der Waals surface area (Å²) in [4.78, 5) is 18.4. The van der Waals surface area contributed by atoms with E-state index in [1.807, 2.05) is 12.5 Å². The number of imidazole rings is 1. The number of nitrogens with zero attached hydrogens (tertiary/aromatic N) is 3. The van der Waals surface area contributed by atoms with Crippen LogP contribution in [-0.2, 0) is 16.1 Å². The first-order chi connectivity index (χ1) is 10.3. The molecule has 0 radical (unpaired) electrons. The molecule has 0 spiro atoms. The van der Waals surface area contributed by atoms with Gasteiger partial charge in [0, 0.05) is 39.0 Å². The van der Waals surface area contributed by atoms with E-state index in [4.69, 9.17) is 4.74 Å². The fourth-order valence-electron chi connectivity index (χ4n) is 3.54. The number of amides is 1. The van der Waals surface area contributed by atoms with E-state index in [-0.39, 0.29) is 18.6 Å². The molecular formula is C15H24N4O2. The second kappa shape index (κ2) is 6.58. The normalized spacial score (nSPS) is 23.2. The summed E-state index contributed by atoms with van der Waals surface area (Å²) in [5.74, 6) is -0.0582. The van der Waals surface area contributed by atoms with Gasteiger partial charge in [0.15, 0.2) is 0 Å². The van der Waals surface area contributed by atoms with Crippen molar-refractivity contribution in [2.45, 2.75) is 44.3 Å². The van der Waals surface area contributed by atoms with E-state index >= 15 is 0 Å². The molecule has 1 fully saturated rings. The lowest BCUT2D eigenvalue weighted by molar-refractivity contribution is -0.124.